The maximum Gasteiger partial charge on any atom is 0.233 e. The molecule has 4 nitrogen and oxygen atoms in total. The molecule has 0 bridgehead atoms. The second kappa shape index (κ2) is 6.19. The molecule has 0 aromatic heterocycles. The van der Waals surface area contributed by atoms with Gasteiger partial charge in [0.05, 0.1) is 18.6 Å². The number of rotatable bonds is 3. The second-order valence-electron chi connectivity index (χ2n) is 7.16. The number of benzene rings is 2. The Morgan fingerprint density at radius 2 is 2.00 bits per heavy atom. The summed E-state index contributed by atoms with van der Waals surface area (Å²) in [5.74, 6) is 0.439. The Balaban J connectivity index is 1.54. The van der Waals surface area contributed by atoms with E-state index in [1.807, 2.05) is 23.1 Å². The van der Waals surface area contributed by atoms with Crippen molar-refractivity contribution in [3.05, 3.63) is 65.2 Å². The van der Waals surface area contributed by atoms with Gasteiger partial charge in [0.15, 0.2) is 0 Å². The average molecular weight is 337 g/mol. The van der Waals surface area contributed by atoms with Gasteiger partial charge in [0.1, 0.15) is 11.9 Å². The van der Waals surface area contributed by atoms with Crippen LogP contribution < -0.4 is 0 Å². The number of carbonyl (C=O) groups excluding carboxylic acids is 1. The van der Waals surface area contributed by atoms with Gasteiger partial charge >= 0.3 is 0 Å². The number of aromatic hydroxyl groups is 1. The van der Waals surface area contributed by atoms with Gasteiger partial charge in [0.2, 0.25) is 5.91 Å². The predicted molar refractivity (Wildman–Crippen MR) is 95.5 cm³/mol. The molecule has 4 heteroatoms. The first-order valence-electron chi connectivity index (χ1n) is 8.85. The molecule has 25 heavy (non-hydrogen) atoms. The summed E-state index contributed by atoms with van der Waals surface area (Å²) in [6, 6.07) is 15.4. The standard InChI is InChI=1S/C21H23NO3/c1-15-4-2-6-17(12-15)21(8-9-21)20(24)22-10-11-25-19(14-22)16-5-3-7-18(23)13-16/h2-7,12-13,19,23H,8-11,14H2,1H3. The SMILES string of the molecule is Cc1cccc(C2(C(=O)N3CCOC(c4cccc(O)c4)C3)CC2)c1. The summed E-state index contributed by atoms with van der Waals surface area (Å²) >= 11 is 0. The van der Waals surface area contributed by atoms with Crippen LogP contribution in [0.25, 0.3) is 0 Å². The summed E-state index contributed by atoms with van der Waals surface area (Å²) < 4.78 is 5.85. The van der Waals surface area contributed by atoms with E-state index in [0.29, 0.717) is 19.7 Å². The van der Waals surface area contributed by atoms with E-state index in [-0.39, 0.29) is 23.2 Å². The van der Waals surface area contributed by atoms with Crippen molar-refractivity contribution in [2.45, 2.75) is 31.3 Å². The van der Waals surface area contributed by atoms with Crippen molar-refractivity contribution in [2.24, 2.45) is 0 Å². The molecular formula is C21H23NO3. The lowest BCUT2D eigenvalue weighted by Crippen LogP contribution is -2.46. The minimum atomic E-state index is -0.341. The highest BCUT2D eigenvalue weighted by atomic mass is 16.5. The van der Waals surface area contributed by atoms with E-state index in [9.17, 15) is 9.90 Å². The van der Waals surface area contributed by atoms with E-state index in [1.165, 1.54) is 5.56 Å². The van der Waals surface area contributed by atoms with Crippen LogP contribution in [0.4, 0.5) is 0 Å². The first kappa shape index (κ1) is 16.2. The predicted octanol–water partition coefficient (Wildman–Crippen LogP) is 3.33. The lowest BCUT2D eigenvalue weighted by Gasteiger charge is -2.35. The number of phenolic OH excluding ortho intramolecular Hbond substituents is 1. The molecule has 2 fully saturated rings. The highest BCUT2D eigenvalue weighted by Crippen LogP contribution is 2.50. The van der Waals surface area contributed by atoms with Gasteiger partial charge in [-0.25, -0.2) is 0 Å². The Hall–Kier alpha value is -2.33. The number of amides is 1. The number of hydrogen-bond acceptors (Lipinski definition) is 3. The maximum atomic E-state index is 13.3. The van der Waals surface area contributed by atoms with Gasteiger partial charge in [-0.05, 0) is 43.0 Å². The Morgan fingerprint density at radius 1 is 1.20 bits per heavy atom. The molecule has 4 rings (SSSR count). The van der Waals surface area contributed by atoms with Crippen molar-refractivity contribution >= 4 is 5.91 Å². The third-order valence-corrected chi connectivity index (χ3v) is 5.33. The van der Waals surface area contributed by atoms with Gasteiger partial charge in [-0.15, -0.1) is 0 Å². The number of aryl methyl sites for hydroxylation is 1. The van der Waals surface area contributed by atoms with Crippen LogP contribution in [0.15, 0.2) is 48.5 Å². The largest absolute Gasteiger partial charge is 0.508 e. The molecule has 1 aliphatic carbocycles. The van der Waals surface area contributed by atoms with Gasteiger partial charge < -0.3 is 14.7 Å². The molecular weight excluding hydrogens is 314 g/mol. The summed E-state index contributed by atoms with van der Waals surface area (Å²) in [5.41, 5.74) is 2.90. The van der Waals surface area contributed by atoms with Crippen molar-refractivity contribution in [3.8, 4) is 5.75 Å². The lowest BCUT2D eigenvalue weighted by atomic mass is 9.92. The summed E-state index contributed by atoms with van der Waals surface area (Å²) in [7, 11) is 0. The van der Waals surface area contributed by atoms with Gasteiger partial charge in [0.25, 0.3) is 0 Å². The maximum absolute atomic E-state index is 13.3. The van der Waals surface area contributed by atoms with Crippen molar-refractivity contribution in [1.29, 1.82) is 0 Å². The summed E-state index contributed by atoms with van der Waals surface area (Å²) in [6.45, 7) is 3.75. The molecule has 1 atom stereocenters. The molecule has 1 amide bonds. The molecule has 1 N–H and O–H groups in total. The van der Waals surface area contributed by atoms with Gasteiger partial charge in [-0.3, -0.25) is 4.79 Å². The van der Waals surface area contributed by atoms with Crippen LogP contribution in [-0.2, 0) is 14.9 Å². The third-order valence-electron chi connectivity index (χ3n) is 5.33. The van der Waals surface area contributed by atoms with E-state index >= 15 is 0 Å². The minimum Gasteiger partial charge on any atom is -0.508 e. The number of morpholine rings is 1. The number of hydrogen-bond donors (Lipinski definition) is 1. The minimum absolute atomic E-state index is 0.182. The fraction of sp³-hybridized carbons (Fsp3) is 0.381. The number of phenols is 1. The number of ether oxygens (including phenoxy) is 1. The topological polar surface area (TPSA) is 49.8 Å². The third kappa shape index (κ3) is 3.02. The van der Waals surface area contributed by atoms with Crippen LogP contribution in [0.5, 0.6) is 5.75 Å². The van der Waals surface area contributed by atoms with Crippen LogP contribution in [0.1, 0.15) is 35.6 Å². The molecule has 1 saturated carbocycles. The number of carbonyl (C=O) groups is 1. The molecule has 1 unspecified atom stereocenters. The zero-order valence-corrected chi connectivity index (χ0v) is 14.4. The van der Waals surface area contributed by atoms with Crippen LogP contribution in [0.2, 0.25) is 0 Å². The molecule has 2 aromatic rings. The molecule has 1 heterocycles. The van der Waals surface area contributed by atoms with Crippen LogP contribution in [-0.4, -0.2) is 35.6 Å². The van der Waals surface area contributed by atoms with E-state index in [1.54, 1.807) is 12.1 Å². The second-order valence-corrected chi connectivity index (χ2v) is 7.16. The monoisotopic (exact) mass is 337 g/mol. The average Bonchev–Trinajstić information content (AvgIpc) is 3.43. The zero-order chi connectivity index (χ0) is 17.4. The van der Waals surface area contributed by atoms with E-state index in [2.05, 4.69) is 25.1 Å². The highest BCUT2D eigenvalue weighted by molar-refractivity contribution is 5.91. The quantitative estimate of drug-likeness (QED) is 0.934. The van der Waals surface area contributed by atoms with Crippen molar-refractivity contribution in [1.82, 2.24) is 4.90 Å². The Morgan fingerprint density at radius 3 is 2.72 bits per heavy atom. The van der Waals surface area contributed by atoms with E-state index in [0.717, 1.165) is 24.0 Å². The van der Waals surface area contributed by atoms with Crippen LogP contribution >= 0.6 is 0 Å². The summed E-state index contributed by atoms with van der Waals surface area (Å²) in [6.07, 6.45) is 1.66. The van der Waals surface area contributed by atoms with Crippen molar-refractivity contribution in [2.75, 3.05) is 19.7 Å². The smallest absolute Gasteiger partial charge is 0.233 e. The summed E-state index contributed by atoms with van der Waals surface area (Å²) in [5, 5.41) is 9.70. The first-order chi connectivity index (χ1) is 12.1. The molecule has 0 spiro atoms. The lowest BCUT2D eigenvalue weighted by molar-refractivity contribution is -0.141. The first-order valence-corrected chi connectivity index (χ1v) is 8.85. The Bertz CT molecular complexity index is 797. The normalized spacial score (nSPS) is 21.8. The molecule has 2 aromatic carbocycles. The fourth-order valence-corrected chi connectivity index (χ4v) is 3.76. The Kier molecular flexibility index (Phi) is 4.00. The van der Waals surface area contributed by atoms with Crippen LogP contribution in [0, 0.1) is 6.92 Å². The molecule has 1 saturated heterocycles. The van der Waals surface area contributed by atoms with E-state index < -0.39 is 0 Å². The van der Waals surface area contributed by atoms with Gasteiger partial charge in [-0.2, -0.15) is 0 Å². The Labute approximate surface area is 148 Å². The molecule has 1 aliphatic heterocycles. The van der Waals surface area contributed by atoms with Gasteiger partial charge in [-0.1, -0.05) is 42.0 Å². The van der Waals surface area contributed by atoms with Crippen molar-refractivity contribution < 1.29 is 14.6 Å². The zero-order valence-electron chi connectivity index (χ0n) is 14.4. The molecule has 2 aliphatic rings. The van der Waals surface area contributed by atoms with Gasteiger partial charge in [0, 0.05) is 6.54 Å². The van der Waals surface area contributed by atoms with Crippen LogP contribution in [0.3, 0.4) is 0 Å². The summed E-state index contributed by atoms with van der Waals surface area (Å²) in [4.78, 5) is 15.2. The number of nitrogens with zero attached hydrogens (tertiary/aromatic N) is 1. The molecule has 130 valence electrons. The van der Waals surface area contributed by atoms with E-state index in [4.69, 9.17) is 4.74 Å². The fourth-order valence-electron chi connectivity index (χ4n) is 3.76. The molecule has 0 radical (unpaired) electrons. The van der Waals surface area contributed by atoms with Crippen molar-refractivity contribution in [3.63, 3.8) is 0 Å². The highest BCUT2D eigenvalue weighted by Gasteiger charge is 2.53.